The molecule has 9 heteroatoms. The lowest BCUT2D eigenvalue weighted by atomic mass is 10.2. The van der Waals surface area contributed by atoms with Gasteiger partial charge in [0.2, 0.25) is 0 Å². The van der Waals surface area contributed by atoms with Crippen LogP contribution in [0.2, 0.25) is 0 Å². The number of ether oxygens (including phenoxy) is 2. The molecule has 1 aromatic carbocycles. The molecule has 2 heterocycles. The average molecular weight is 430 g/mol. The van der Waals surface area contributed by atoms with E-state index in [-0.39, 0.29) is 0 Å². The summed E-state index contributed by atoms with van der Waals surface area (Å²) in [5.41, 5.74) is 1.13. The van der Waals surface area contributed by atoms with Crippen molar-refractivity contribution in [2.45, 2.75) is 39.3 Å². The molecule has 1 unspecified atom stereocenters. The molecule has 1 aromatic heterocycles. The minimum Gasteiger partial charge on any atom is -0.495 e. The Bertz CT molecular complexity index is 852. The zero-order valence-corrected chi connectivity index (χ0v) is 19.1. The van der Waals surface area contributed by atoms with E-state index in [1.54, 1.807) is 7.11 Å². The van der Waals surface area contributed by atoms with E-state index < -0.39 is 0 Å². The Morgan fingerprint density at radius 2 is 2.13 bits per heavy atom. The van der Waals surface area contributed by atoms with Crippen molar-refractivity contribution < 1.29 is 9.47 Å². The van der Waals surface area contributed by atoms with Crippen LogP contribution in [0.5, 0.6) is 5.75 Å². The highest BCUT2D eigenvalue weighted by molar-refractivity contribution is 5.80. The maximum Gasteiger partial charge on any atom is 0.191 e. The molecule has 2 N–H and O–H groups in total. The van der Waals surface area contributed by atoms with E-state index in [1.807, 2.05) is 43.7 Å². The maximum atomic E-state index is 5.53. The topological polar surface area (TPSA) is 88.8 Å². The molecule has 0 aliphatic carbocycles. The first-order valence-corrected chi connectivity index (χ1v) is 11.0. The van der Waals surface area contributed by atoms with Gasteiger partial charge in [0.1, 0.15) is 18.1 Å². The van der Waals surface area contributed by atoms with E-state index in [9.17, 15) is 0 Å². The number of rotatable bonds is 10. The van der Waals surface area contributed by atoms with E-state index in [0.717, 1.165) is 74.7 Å². The Labute approximate surface area is 184 Å². The highest BCUT2D eigenvalue weighted by atomic mass is 16.5. The number of benzene rings is 1. The van der Waals surface area contributed by atoms with E-state index in [0.29, 0.717) is 12.6 Å². The molecule has 1 saturated heterocycles. The molecular weight excluding hydrogens is 394 g/mol. The number of methoxy groups -OCH3 is 1. The Hall–Kier alpha value is -2.81. The SMILES string of the molecule is CCOCCCNC(=NCc1nnc(C)n1C)NC1CCN(c2ccccc2OC)C1. The Morgan fingerprint density at radius 3 is 2.87 bits per heavy atom. The van der Waals surface area contributed by atoms with Crippen molar-refractivity contribution in [3.05, 3.63) is 35.9 Å². The Kier molecular flexibility index (Phi) is 8.52. The standard InChI is InChI=1S/C22H35N7O2/c1-5-31-14-8-12-23-22(24-15-21-27-26-17(2)28(21)3)25-18-11-13-29(16-18)19-9-6-7-10-20(19)30-4/h6-7,9-10,18H,5,8,11-16H2,1-4H3,(H2,23,24,25). The van der Waals surface area contributed by atoms with Crippen molar-refractivity contribution in [1.29, 1.82) is 0 Å². The molecule has 0 spiro atoms. The number of aryl methyl sites for hydroxylation is 1. The van der Waals surface area contributed by atoms with Gasteiger partial charge in [-0.25, -0.2) is 4.99 Å². The van der Waals surface area contributed by atoms with Crippen LogP contribution in [0, 0.1) is 6.92 Å². The molecule has 0 amide bonds. The number of nitrogens with one attached hydrogen (secondary N) is 2. The van der Waals surface area contributed by atoms with E-state index in [2.05, 4.69) is 31.8 Å². The molecule has 0 bridgehead atoms. The molecule has 0 saturated carbocycles. The van der Waals surface area contributed by atoms with Crippen LogP contribution in [-0.4, -0.2) is 66.7 Å². The summed E-state index contributed by atoms with van der Waals surface area (Å²) >= 11 is 0. The molecule has 170 valence electrons. The summed E-state index contributed by atoms with van der Waals surface area (Å²) in [7, 11) is 3.68. The molecule has 1 aliphatic rings. The fourth-order valence-electron chi connectivity index (χ4n) is 3.60. The predicted octanol–water partition coefficient (Wildman–Crippen LogP) is 1.87. The van der Waals surface area contributed by atoms with Crippen molar-refractivity contribution >= 4 is 11.6 Å². The number of guanidine groups is 1. The van der Waals surface area contributed by atoms with Gasteiger partial charge in [0.15, 0.2) is 11.8 Å². The Balaban J connectivity index is 1.62. The number of aliphatic imine (C=N–C) groups is 1. The Morgan fingerprint density at radius 1 is 1.29 bits per heavy atom. The second-order valence-corrected chi connectivity index (χ2v) is 7.61. The number of nitrogens with zero attached hydrogens (tertiary/aromatic N) is 5. The zero-order valence-electron chi connectivity index (χ0n) is 19.1. The van der Waals surface area contributed by atoms with Crippen LogP contribution < -0.4 is 20.3 Å². The summed E-state index contributed by atoms with van der Waals surface area (Å²) in [6.07, 6.45) is 1.95. The summed E-state index contributed by atoms with van der Waals surface area (Å²) in [5, 5.41) is 15.4. The van der Waals surface area contributed by atoms with Gasteiger partial charge in [-0.15, -0.1) is 10.2 Å². The molecule has 1 atom stereocenters. The van der Waals surface area contributed by atoms with Crippen molar-refractivity contribution in [2.75, 3.05) is 44.9 Å². The van der Waals surface area contributed by atoms with Gasteiger partial charge >= 0.3 is 0 Å². The third kappa shape index (κ3) is 6.33. The quantitative estimate of drug-likeness (QED) is 0.339. The second kappa shape index (κ2) is 11.5. The smallest absolute Gasteiger partial charge is 0.191 e. The lowest BCUT2D eigenvalue weighted by Gasteiger charge is -2.22. The van der Waals surface area contributed by atoms with E-state index in [1.165, 1.54) is 0 Å². The van der Waals surface area contributed by atoms with Gasteiger partial charge in [-0.3, -0.25) is 0 Å². The van der Waals surface area contributed by atoms with Crippen LogP contribution >= 0.6 is 0 Å². The number of hydrogen-bond donors (Lipinski definition) is 2. The van der Waals surface area contributed by atoms with Gasteiger partial charge in [-0.1, -0.05) is 12.1 Å². The van der Waals surface area contributed by atoms with Crippen LogP contribution in [0.15, 0.2) is 29.3 Å². The first-order chi connectivity index (χ1) is 15.1. The number of hydrogen-bond acceptors (Lipinski definition) is 6. The number of aromatic nitrogens is 3. The molecule has 31 heavy (non-hydrogen) atoms. The van der Waals surface area contributed by atoms with Gasteiger partial charge in [0.25, 0.3) is 0 Å². The van der Waals surface area contributed by atoms with Crippen LogP contribution in [0.25, 0.3) is 0 Å². The van der Waals surface area contributed by atoms with Gasteiger partial charge < -0.3 is 29.6 Å². The first-order valence-electron chi connectivity index (χ1n) is 11.0. The summed E-state index contributed by atoms with van der Waals surface area (Å²) in [6, 6.07) is 8.46. The summed E-state index contributed by atoms with van der Waals surface area (Å²) in [5.74, 6) is 3.43. The number of anilines is 1. The minimum absolute atomic E-state index is 0.296. The first kappa shape index (κ1) is 22.9. The third-order valence-corrected chi connectivity index (χ3v) is 5.48. The molecule has 1 aliphatic heterocycles. The normalized spacial score (nSPS) is 16.6. The van der Waals surface area contributed by atoms with Gasteiger partial charge in [0, 0.05) is 45.9 Å². The van der Waals surface area contributed by atoms with Crippen molar-refractivity contribution in [2.24, 2.45) is 12.0 Å². The minimum atomic E-state index is 0.296. The van der Waals surface area contributed by atoms with Crippen molar-refractivity contribution in [3.63, 3.8) is 0 Å². The molecule has 3 rings (SSSR count). The summed E-state index contributed by atoms with van der Waals surface area (Å²) in [6.45, 7) is 8.57. The van der Waals surface area contributed by atoms with Gasteiger partial charge in [-0.2, -0.15) is 0 Å². The average Bonchev–Trinajstić information content (AvgIpc) is 3.38. The van der Waals surface area contributed by atoms with Gasteiger partial charge in [0.05, 0.1) is 12.8 Å². The fraction of sp³-hybridized carbons (Fsp3) is 0.591. The summed E-state index contributed by atoms with van der Waals surface area (Å²) < 4.78 is 12.9. The molecule has 1 fully saturated rings. The predicted molar refractivity (Wildman–Crippen MR) is 123 cm³/mol. The van der Waals surface area contributed by atoms with Crippen molar-refractivity contribution in [1.82, 2.24) is 25.4 Å². The highest BCUT2D eigenvalue weighted by Crippen LogP contribution is 2.30. The molecule has 0 radical (unpaired) electrons. The van der Waals surface area contributed by atoms with Crippen LogP contribution in [0.3, 0.4) is 0 Å². The molecule has 2 aromatic rings. The maximum absolute atomic E-state index is 5.53. The number of para-hydroxylation sites is 2. The molecule has 9 nitrogen and oxygen atoms in total. The lowest BCUT2D eigenvalue weighted by molar-refractivity contribution is 0.145. The summed E-state index contributed by atoms with van der Waals surface area (Å²) in [4.78, 5) is 7.12. The lowest BCUT2D eigenvalue weighted by Crippen LogP contribution is -2.45. The second-order valence-electron chi connectivity index (χ2n) is 7.61. The molecular formula is C22H35N7O2. The fourth-order valence-corrected chi connectivity index (χ4v) is 3.60. The monoisotopic (exact) mass is 429 g/mol. The van der Waals surface area contributed by atoms with Gasteiger partial charge in [-0.05, 0) is 38.8 Å². The van der Waals surface area contributed by atoms with Crippen molar-refractivity contribution in [3.8, 4) is 5.75 Å². The van der Waals surface area contributed by atoms with E-state index >= 15 is 0 Å². The largest absolute Gasteiger partial charge is 0.495 e. The van der Waals surface area contributed by atoms with Crippen LogP contribution in [-0.2, 0) is 18.3 Å². The highest BCUT2D eigenvalue weighted by Gasteiger charge is 2.25. The van der Waals surface area contributed by atoms with E-state index in [4.69, 9.17) is 14.5 Å². The zero-order chi connectivity index (χ0) is 22.1. The van der Waals surface area contributed by atoms with Crippen LogP contribution in [0.4, 0.5) is 5.69 Å². The van der Waals surface area contributed by atoms with Crippen LogP contribution in [0.1, 0.15) is 31.4 Å². The third-order valence-electron chi connectivity index (χ3n) is 5.48.